The van der Waals surface area contributed by atoms with Crippen molar-refractivity contribution in [2.75, 3.05) is 11.1 Å². The zero-order valence-electron chi connectivity index (χ0n) is 15.6. The summed E-state index contributed by atoms with van der Waals surface area (Å²) < 4.78 is 0. The van der Waals surface area contributed by atoms with Crippen LogP contribution in [0.1, 0.15) is 11.1 Å². The Balaban J connectivity index is 1.54. The molecule has 4 rings (SSSR count). The van der Waals surface area contributed by atoms with Crippen LogP contribution in [-0.2, 0) is 4.79 Å². The number of aryl methyl sites for hydroxylation is 2. The second kappa shape index (κ2) is 8.12. The Kier molecular flexibility index (Phi) is 5.41. The molecule has 2 aromatic carbocycles. The van der Waals surface area contributed by atoms with Crippen LogP contribution in [0.4, 0.5) is 5.69 Å². The molecule has 0 saturated carbocycles. The van der Waals surface area contributed by atoms with E-state index >= 15 is 0 Å². The van der Waals surface area contributed by atoms with Gasteiger partial charge in [0.05, 0.1) is 11.1 Å². The summed E-state index contributed by atoms with van der Waals surface area (Å²) in [7, 11) is 0. The molecule has 0 atom stereocenters. The normalized spacial score (nSPS) is 10.9. The van der Waals surface area contributed by atoms with Crippen LogP contribution >= 0.6 is 23.1 Å². The SMILES string of the molecule is Cc1ccc(NC(=O)CSc2ncnc3scc(-c4ccccc4)c23)cc1C. The molecule has 0 fully saturated rings. The molecule has 2 heterocycles. The van der Waals surface area contributed by atoms with Crippen molar-refractivity contribution in [3.8, 4) is 11.1 Å². The van der Waals surface area contributed by atoms with E-state index in [0.29, 0.717) is 5.75 Å². The number of nitrogens with one attached hydrogen (secondary N) is 1. The fraction of sp³-hybridized carbons (Fsp3) is 0.136. The number of benzene rings is 2. The lowest BCUT2D eigenvalue weighted by molar-refractivity contribution is -0.113. The molecule has 4 aromatic rings. The molecule has 0 aliphatic rings. The molecule has 2 aromatic heterocycles. The van der Waals surface area contributed by atoms with E-state index in [2.05, 4.69) is 39.7 Å². The number of aromatic nitrogens is 2. The van der Waals surface area contributed by atoms with Gasteiger partial charge in [-0.3, -0.25) is 4.79 Å². The molecule has 0 spiro atoms. The number of rotatable bonds is 5. The first kappa shape index (κ1) is 18.7. The van der Waals surface area contributed by atoms with E-state index in [1.807, 2.05) is 43.3 Å². The summed E-state index contributed by atoms with van der Waals surface area (Å²) in [4.78, 5) is 22.2. The number of thiophene rings is 1. The fourth-order valence-electron chi connectivity index (χ4n) is 2.94. The van der Waals surface area contributed by atoms with Crippen molar-refractivity contribution in [2.24, 2.45) is 0 Å². The number of carbonyl (C=O) groups is 1. The number of hydrogen-bond donors (Lipinski definition) is 1. The number of amides is 1. The van der Waals surface area contributed by atoms with Crippen molar-refractivity contribution in [1.29, 1.82) is 0 Å². The topological polar surface area (TPSA) is 54.9 Å². The minimum Gasteiger partial charge on any atom is -0.325 e. The number of nitrogens with zero attached hydrogens (tertiary/aromatic N) is 2. The molecule has 0 radical (unpaired) electrons. The maximum absolute atomic E-state index is 12.4. The maximum Gasteiger partial charge on any atom is 0.234 e. The van der Waals surface area contributed by atoms with Crippen molar-refractivity contribution in [1.82, 2.24) is 9.97 Å². The summed E-state index contributed by atoms with van der Waals surface area (Å²) in [5.41, 5.74) is 5.43. The molecule has 0 saturated heterocycles. The Morgan fingerprint density at radius 2 is 1.89 bits per heavy atom. The molecule has 1 amide bonds. The monoisotopic (exact) mass is 405 g/mol. The van der Waals surface area contributed by atoms with E-state index in [-0.39, 0.29) is 5.91 Å². The number of fused-ring (bicyclic) bond motifs is 1. The molecule has 6 heteroatoms. The molecule has 140 valence electrons. The number of carbonyl (C=O) groups excluding carboxylic acids is 1. The van der Waals surface area contributed by atoms with Crippen LogP contribution in [0.15, 0.2) is 65.3 Å². The van der Waals surface area contributed by atoms with Crippen LogP contribution < -0.4 is 5.32 Å². The van der Waals surface area contributed by atoms with Crippen LogP contribution in [-0.4, -0.2) is 21.6 Å². The predicted molar refractivity (Wildman–Crippen MR) is 118 cm³/mol. The highest BCUT2D eigenvalue weighted by atomic mass is 32.2. The van der Waals surface area contributed by atoms with Crippen molar-refractivity contribution in [3.05, 3.63) is 71.4 Å². The summed E-state index contributed by atoms with van der Waals surface area (Å²) >= 11 is 3.04. The summed E-state index contributed by atoms with van der Waals surface area (Å²) in [6, 6.07) is 16.1. The highest BCUT2D eigenvalue weighted by Gasteiger charge is 2.14. The van der Waals surface area contributed by atoms with Gasteiger partial charge in [0, 0.05) is 16.6 Å². The minimum absolute atomic E-state index is 0.0449. The second-order valence-electron chi connectivity index (χ2n) is 6.51. The zero-order valence-corrected chi connectivity index (χ0v) is 17.2. The van der Waals surface area contributed by atoms with Crippen LogP contribution in [0.5, 0.6) is 0 Å². The first-order chi connectivity index (χ1) is 13.6. The molecule has 0 unspecified atom stereocenters. The predicted octanol–water partition coefficient (Wildman–Crippen LogP) is 5.71. The lowest BCUT2D eigenvalue weighted by Crippen LogP contribution is -2.14. The molecule has 0 aliphatic carbocycles. The van der Waals surface area contributed by atoms with E-state index in [1.165, 1.54) is 17.3 Å². The second-order valence-corrected chi connectivity index (χ2v) is 8.33. The van der Waals surface area contributed by atoms with Crippen LogP contribution in [0.2, 0.25) is 0 Å². The van der Waals surface area contributed by atoms with Crippen LogP contribution in [0.3, 0.4) is 0 Å². The quantitative estimate of drug-likeness (QED) is 0.341. The van der Waals surface area contributed by atoms with Gasteiger partial charge in [-0.1, -0.05) is 48.2 Å². The Morgan fingerprint density at radius 3 is 2.68 bits per heavy atom. The largest absolute Gasteiger partial charge is 0.325 e. The van der Waals surface area contributed by atoms with Crippen molar-refractivity contribution in [2.45, 2.75) is 18.9 Å². The first-order valence-electron chi connectivity index (χ1n) is 8.89. The average Bonchev–Trinajstić information content (AvgIpc) is 3.15. The van der Waals surface area contributed by atoms with Gasteiger partial charge in [0.15, 0.2) is 0 Å². The highest BCUT2D eigenvalue weighted by Crippen LogP contribution is 2.37. The Bertz CT molecular complexity index is 1140. The van der Waals surface area contributed by atoms with Gasteiger partial charge in [0.1, 0.15) is 16.2 Å². The molecule has 0 bridgehead atoms. The minimum atomic E-state index is -0.0449. The summed E-state index contributed by atoms with van der Waals surface area (Å²) in [5, 5.41) is 6.92. The maximum atomic E-state index is 12.4. The highest BCUT2D eigenvalue weighted by molar-refractivity contribution is 8.00. The van der Waals surface area contributed by atoms with Crippen molar-refractivity contribution < 1.29 is 4.79 Å². The van der Waals surface area contributed by atoms with E-state index in [9.17, 15) is 4.79 Å². The van der Waals surface area contributed by atoms with Crippen molar-refractivity contribution >= 4 is 44.9 Å². The summed E-state index contributed by atoms with van der Waals surface area (Å²) in [6.45, 7) is 4.10. The molecular formula is C22H19N3OS2. The Hall–Kier alpha value is -2.70. The third-order valence-corrected chi connectivity index (χ3v) is 6.43. The van der Waals surface area contributed by atoms with E-state index in [0.717, 1.165) is 37.6 Å². The number of anilines is 1. The molecule has 0 aliphatic heterocycles. The first-order valence-corrected chi connectivity index (χ1v) is 10.8. The van der Waals surface area contributed by atoms with Crippen LogP contribution in [0.25, 0.3) is 21.3 Å². The molecular weight excluding hydrogens is 386 g/mol. The zero-order chi connectivity index (χ0) is 19.5. The van der Waals surface area contributed by atoms with Gasteiger partial charge in [0.2, 0.25) is 5.91 Å². The standard InChI is InChI=1S/C22H19N3OS2/c1-14-8-9-17(10-15(14)2)25-19(26)12-28-22-20-18(16-6-4-3-5-7-16)11-27-21(20)23-13-24-22/h3-11,13H,12H2,1-2H3,(H,25,26). The third kappa shape index (κ3) is 3.93. The smallest absolute Gasteiger partial charge is 0.234 e. The lowest BCUT2D eigenvalue weighted by Gasteiger charge is -2.08. The van der Waals surface area contributed by atoms with Gasteiger partial charge < -0.3 is 5.32 Å². The average molecular weight is 406 g/mol. The number of hydrogen-bond acceptors (Lipinski definition) is 5. The van der Waals surface area contributed by atoms with Crippen LogP contribution in [0, 0.1) is 13.8 Å². The van der Waals surface area contributed by atoms with Gasteiger partial charge in [-0.05, 0) is 42.7 Å². The van der Waals surface area contributed by atoms with Crippen molar-refractivity contribution in [3.63, 3.8) is 0 Å². The van der Waals surface area contributed by atoms with Gasteiger partial charge in [0.25, 0.3) is 0 Å². The summed E-state index contributed by atoms with van der Waals surface area (Å²) in [5.74, 6) is 0.250. The Labute approximate surface area is 172 Å². The summed E-state index contributed by atoms with van der Waals surface area (Å²) in [6.07, 6.45) is 1.57. The molecule has 28 heavy (non-hydrogen) atoms. The number of thioether (sulfide) groups is 1. The Morgan fingerprint density at radius 1 is 1.07 bits per heavy atom. The fourth-order valence-corrected chi connectivity index (χ4v) is 4.73. The van der Waals surface area contributed by atoms with Gasteiger partial charge in [-0.15, -0.1) is 11.3 Å². The molecule has 4 nitrogen and oxygen atoms in total. The molecule has 1 N–H and O–H groups in total. The van der Waals surface area contributed by atoms with E-state index < -0.39 is 0 Å². The van der Waals surface area contributed by atoms with E-state index in [4.69, 9.17) is 0 Å². The van der Waals surface area contributed by atoms with Gasteiger partial charge in [-0.2, -0.15) is 0 Å². The van der Waals surface area contributed by atoms with Gasteiger partial charge >= 0.3 is 0 Å². The van der Waals surface area contributed by atoms with E-state index in [1.54, 1.807) is 17.7 Å². The van der Waals surface area contributed by atoms with Gasteiger partial charge in [-0.25, -0.2) is 9.97 Å². The third-order valence-electron chi connectivity index (χ3n) is 4.55. The lowest BCUT2D eigenvalue weighted by atomic mass is 10.1.